The van der Waals surface area contributed by atoms with Gasteiger partial charge in [0.2, 0.25) is 5.78 Å². The lowest BCUT2D eigenvalue weighted by atomic mass is 9.90. The van der Waals surface area contributed by atoms with Gasteiger partial charge in [-0.1, -0.05) is 94.3 Å². The first-order valence-electron chi connectivity index (χ1n) is 13.4. The molecule has 0 spiro atoms. The zero-order valence-electron chi connectivity index (χ0n) is 23.1. The van der Waals surface area contributed by atoms with Crippen molar-refractivity contribution < 1.29 is 28.7 Å². The van der Waals surface area contributed by atoms with E-state index in [4.69, 9.17) is 9.47 Å². The molecule has 3 rings (SSSR count). The number of unbranched alkanes of at least 4 members (excludes halogenated alkanes) is 1. The zero-order valence-corrected chi connectivity index (χ0v) is 23.1. The van der Waals surface area contributed by atoms with Gasteiger partial charge in [-0.05, 0) is 24.5 Å². The van der Waals surface area contributed by atoms with Crippen LogP contribution in [0.15, 0.2) is 60.7 Å². The maximum absolute atomic E-state index is 13.0. The fourth-order valence-corrected chi connectivity index (χ4v) is 4.49. The van der Waals surface area contributed by atoms with Crippen molar-refractivity contribution in [2.75, 3.05) is 13.1 Å². The van der Waals surface area contributed by atoms with Crippen molar-refractivity contribution >= 4 is 23.9 Å². The van der Waals surface area contributed by atoms with E-state index in [1.807, 2.05) is 81.4 Å². The van der Waals surface area contributed by atoms with E-state index in [2.05, 4.69) is 10.6 Å². The minimum Gasteiger partial charge on any atom is -0.445 e. The largest absolute Gasteiger partial charge is 0.445 e. The summed E-state index contributed by atoms with van der Waals surface area (Å²) in [5.74, 6) is -1.48. The van der Waals surface area contributed by atoms with Crippen LogP contribution in [0.3, 0.4) is 0 Å². The number of hydrogen-bond donors (Lipinski definition) is 2. The van der Waals surface area contributed by atoms with Crippen LogP contribution in [-0.2, 0) is 25.7 Å². The number of Topliss-reactive ketones (excluding diaryl/α,β-unsaturated/α-hetero) is 1. The summed E-state index contributed by atoms with van der Waals surface area (Å²) in [6.07, 6.45) is -0.157. The second kappa shape index (κ2) is 13.8. The van der Waals surface area contributed by atoms with Gasteiger partial charge in [0.15, 0.2) is 0 Å². The minimum atomic E-state index is -1.02. The van der Waals surface area contributed by atoms with Crippen LogP contribution in [0.2, 0.25) is 0 Å². The fraction of sp³-hybridized carbons (Fsp3) is 0.467. The van der Waals surface area contributed by atoms with Gasteiger partial charge in [0.05, 0.1) is 12.6 Å². The molecule has 2 aromatic carbocycles. The van der Waals surface area contributed by atoms with Gasteiger partial charge in [-0.25, -0.2) is 9.59 Å². The molecule has 9 heteroatoms. The Kier molecular flexibility index (Phi) is 10.5. The predicted molar refractivity (Wildman–Crippen MR) is 147 cm³/mol. The smallest absolute Gasteiger partial charge is 0.410 e. The lowest BCUT2D eigenvalue weighted by molar-refractivity contribution is -0.139. The number of ketones is 1. The van der Waals surface area contributed by atoms with E-state index in [1.54, 1.807) is 6.92 Å². The van der Waals surface area contributed by atoms with E-state index in [-0.39, 0.29) is 19.2 Å². The van der Waals surface area contributed by atoms with Crippen LogP contribution >= 0.6 is 0 Å². The summed E-state index contributed by atoms with van der Waals surface area (Å²) in [5, 5.41) is 5.31. The van der Waals surface area contributed by atoms with Gasteiger partial charge in [-0.2, -0.15) is 0 Å². The minimum absolute atomic E-state index is 0.148. The Hall–Kier alpha value is -3.88. The number of alkyl carbamates (subject to hydrolysis) is 1. The highest BCUT2D eigenvalue weighted by atomic mass is 16.6. The van der Waals surface area contributed by atoms with Gasteiger partial charge in [0, 0.05) is 12.0 Å². The molecule has 1 heterocycles. The van der Waals surface area contributed by atoms with Crippen molar-refractivity contribution in [2.45, 2.75) is 71.8 Å². The standard InChI is InChI=1S/C30H39N3O6/c1-5-6-17-24(26(34)27(35)31-21(2)23-15-11-8-12-16-23)32-28(36)39-25-18-33(20-30(25,3)4)29(37)38-19-22-13-9-7-10-14-22/h7-16,21,24-25H,5-6,17-20H2,1-4H3,(H,31,35)(H,32,36)/t21-,24+,25+/m1/s1. The van der Waals surface area contributed by atoms with Crippen LogP contribution in [0.25, 0.3) is 0 Å². The topological polar surface area (TPSA) is 114 Å². The summed E-state index contributed by atoms with van der Waals surface area (Å²) < 4.78 is 11.1. The second-order valence-corrected chi connectivity index (χ2v) is 10.6. The quantitative estimate of drug-likeness (QED) is 0.400. The highest BCUT2D eigenvalue weighted by molar-refractivity contribution is 6.38. The van der Waals surface area contributed by atoms with Gasteiger partial charge in [-0.3, -0.25) is 9.59 Å². The van der Waals surface area contributed by atoms with Crippen molar-refractivity contribution in [3.05, 3.63) is 71.8 Å². The third-order valence-corrected chi connectivity index (χ3v) is 6.89. The molecule has 1 saturated heterocycles. The third-order valence-electron chi connectivity index (χ3n) is 6.89. The molecule has 0 unspecified atom stereocenters. The van der Waals surface area contributed by atoms with E-state index in [0.717, 1.165) is 17.5 Å². The van der Waals surface area contributed by atoms with E-state index in [0.29, 0.717) is 19.4 Å². The van der Waals surface area contributed by atoms with Crippen LogP contribution in [0.4, 0.5) is 9.59 Å². The van der Waals surface area contributed by atoms with E-state index >= 15 is 0 Å². The van der Waals surface area contributed by atoms with Gasteiger partial charge in [0.1, 0.15) is 18.8 Å². The van der Waals surface area contributed by atoms with Crippen molar-refractivity contribution in [1.29, 1.82) is 0 Å². The second-order valence-electron chi connectivity index (χ2n) is 10.6. The summed E-state index contributed by atoms with van der Waals surface area (Å²) in [5.41, 5.74) is 1.21. The molecule has 210 valence electrons. The normalized spacial score (nSPS) is 17.5. The molecule has 9 nitrogen and oxygen atoms in total. The lowest BCUT2D eigenvalue weighted by Gasteiger charge is -2.26. The molecule has 1 aliphatic rings. The number of carbonyl (C=O) groups is 4. The number of nitrogens with zero attached hydrogens (tertiary/aromatic N) is 1. The monoisotopic (exact) mass is 537 g/mol. The predicted octanol–water partition coefficient (Wildman–Crippen LogP) is 4.77. The first-order valence-corrected chi connectivity index (χ1v) is 13.4. The Balaban J connectivity index is 1.56. The number of ether oxygens (including phenoxy) is 2. The number of likely N-dealkylation sites (tertiary alicyclic amines) is 1. The Morgan fingerprint density at radius 2 is 1.64 bits per heavy atom. The van der Waals surface area contributed by atoms with Crippen LogP contribution in [0.1, 0.15) is 64.1 Å². The molecule has 3 amide bonds. The number of carbonyl (C=O) groups excluding carboxylic acids is 4. The Bertz CT molecular complexity index is 1120. The molecule has 0 radical (unpaired) electrons. The highest BCUT2D eigenvalue weighted by Gasteiger charge is 2.45. The Morgan fingerprint density at radius 1 is 1.00 bits per heavy atom. The highest BCUT2D eigenvalue weighted by Crippen LogP contribution is 2.32. The molecular formula is C30H39N3O6. The lowest BCUT2D eigenvalue weighted by Crippen LogP contribution is -2.49. The number of hydrogen-bond acceptors (Lipinski definition) is 6. The van der Waals surface area contributed by atoms with Crippen LogP contribution < -0.4 is 10.6 Å². The van der Waals surface area contributed by atoms with Crippen molar-refractivity contribution in [3.63, 3.8) is 0 Å². The number of rotatable bonds is 11. The Labute approximate surface area is 230 Å². The summed E-state index contributed by atoms with van der Waals surface area (Å²) in [4.78, 5) is 52.8. The van der Waals surface area contributed by atoms with Crippen molar-refractivity contribution in [1.82, 2.24) is 15.5 Å². The van der Waals surface area contributed by atoms with Gasteiger partial charge in [0.25, 0.3) is 5.91 Å². The van der Waals surface area contributed by atoms with E-state index in [1.165, 1.54) is 4.90 Å². The molecule has 3 atom stereocenters. The SMILES string of the molecule is CCCC[C@H](NC(=O)O[C@H]1CN(C(=O)OCc2ccccc2)CC1(C)C)C(=O)C(=O)N[C@H](C)c1ccccc1. The fourth-order valence-electron chi connectivity index (χ4n) is 4.49. The molecule has 1 aliphatic heterocycles. The summed E-state index contributed by atoms with van der Waals surface area (Å²) in [7, 11) is 0. The van der Waals surface area contributed by atoms with Gasteiger partial charge >= 0.3 is 12.2 Å². The summed E-state index contributed by atoms with van der Waals surface area (Å²) >= 11 is 0. The van der Waals surface area contributed by atoms with E-state index in [9.17, 15) is 19.2 Å². The first-order chi connectivity index (χ1) is 18.6. The van der Waals surface area contributed by atoms with Crippen LogP contribution in [-0.4, -0.2) is 54.0 Å². The Morgan fingerprint density at radius 3 is 2.28 bits per heavy atom. The van der Waals surface area contributed by atoms with Gasteiger partial charge in [-0.15, -0.1) is 0 Å². The molecule has 0 saturated carbocycles. The maximum atomic E-state index is 13.0. The van der Waals surface area contributed by atoms with Gasteiger partial charge < -0.3 is 25.0 Å². The summed E-state index contributed by atoms with van der Waals surface area (Å²) in [6, 6.07) is 17.3. The molecular weight excluding hydrogens is 498 g/mol. The van der Waals surface area contributed by atoms with E-state index < -0.39 is 41.4 Å². The molecule has 0 bridgehead atoms. The zero-order chi connectivity index (χ0) is 28.4. The van der Waals surface area contributed by atoms with Crippen molar-refractivity contribution in [3.8, 4) is 0 Å². The number of amides is 3. The van der Waals surface area contributed by atoms with Crippen molar-refractivity contribution in [2.24, 2.45) is 5.41 Å². The first kappa shape index (κ1) is 29.7. The molecule has 2 N–H and O–H groups in total. The number of benzene rings is 2. The maximum Gasteiger partial charge on any atom is 0.410 e. The van der Waals surface area contributed by atoms with Crippen LogP contribution in [0.5, 0.6) is 0 Å². The van der Waals surface area contributed by atoms with Crippen LogP contribution in [0, 0.1) is 5.41 Å². The number of nitrogens with one attached hydrogen (secondary N) is 2. The average molecular weight is 538 g/mol. The molecule has 0 aromatic heterocycles. The molecule has 39 heavy (non-hydrogen) atoms. The molecule has 2 aromatic rings. The average Bonchev–Trinajstić information content (AvgIpc) is 3.23. The molecule has 1 fully saturated rings. The molecule has 0 aliphatic carbocycles. The summed E-state index contributed by atoms with van der Waals surface area (Å²) in [6.45, 7) is 8.20. The third kappa shape index (κ3) is 8.56.